The Morgan fingerprint density at radius 1 is 1.04 bits per heavy atom. The van der Waals surface area contributed by atoms with Crippen LogP contribution in [0, 0.1) is 0 Å². The lowest BCUT2D eigenvalue weighted by Crippen LogP contribution is -2.16. The third kappa shape index (κ3) is 4.03. The van der Waals surface area contributed by atoms with Gasteiger partial charge in [0.2, 0.25) is 0 Å². The molecular formula is C20H16N2O4S. The van der Waals surface area contributed by atoms with Gasteiger partial charge in [0.1, 0.15) is 13.2 Å². The van der Waals surface area contributed by atoms with E-state index in [0.29, 0.717) is 41.1 Å². The molecule has 1 aromatic heterocycles. The largest absolute Gasteiger partial charge is 0.486 e. The number of Topliss-reactive ketones (excluding diaryl/α,β-unsaturated/α-hetero) is 1. The number of nitrogens with zero attached hydrogens (tertiary/aromatic N) is 1. The number of aromatic nitrogens is 2. The number of benzene rings is 2. The molecule has 0 atom stereocenters. The van der Waals surface area contributed by atoms with Gasteiger partial charge in [-0.1, -0.05) is 42.1 Å². The fourth-order valence-corrected chi connectivity index (χ4v) is 3.46. The molecule has 3 aromatic rings. The van der Waals surface area contributed by atoms with Crippen molar-refractivity contribution < 1.29 is 14.3 Å². The minimum Gasteiger partial charge on any atom is -0.486 e. The zero-order valence-electron chi connectivity index (χ0n) is 14.3. The molecule has 1 N–H and O–H groups in total. The van der Waals surface area contributed by atoms with Crippen molar-refractivity contribution >= 4 is 17.5 Å². The smallest absolute Gasteiger partial charge is 0.252 e. The summed E-state index contributed by atoms with van der Waals surface area (Å²) >= 11 is 1.20. The summed E-state index contributed by atoms with van der Waals surface area (Å²) < 4.78 is 11.0. The second-order valence-corrected chi connectivity index (χ2v) is 6.84. The van der Waals surface area contributed by atoms with Crippen LogP contribution < -0.4 is 15.0 Å². The Balaban J connectivity index is 1.49. The maximum atomic E-state index is 12.5. The average Bonchev–Trinajstić information content (AvgIpc) is 2.72. The van der Waals surface area contributed by atoms with Gasteiger partial charge in [-0.15, -0.1) is 0 Å². The topological polar surface area (TPSA) is 81.3 Å². The number of H-pyrrole nitrogens is 1. The lowest BCUT2D eigenvalue weighted by molar-refractivity contribution is 0.102. The molecule has 0 aliphatic carbocycles. The molecule has 0 radical (unpaired) electrons. The maximum Gasteiger partial charge on any atom is 0.252 e. The van der Waals surface area contributed by atoms with Crippen LogP contribution >= 0.6 is 11.8 Å². The summed E-state index contributed by atoms with van der Waals surface area (Å²) in [7, 11) is 0. The number of ether oxygens (including phenoxy) is 2. The van der Waals surface area contributed by atoms with Crippen LogP contribution in [0.1, 0.15) is 10.4 Å². The van der Waals surface area contributed by atoms with E-state index in [1.165, 1.54) is 17.8 Å². The molecule has 136 valence electrons. The molecule has 0 spiro atoms. The second kappa shape index (κ2) is 7.67. The van der Waals surface area contributed by atoms with Crippen molar-refractivity contribution in [1.29, 1.82) is 0 Å². The lowest BCUT2D eigenvalue weighted by Gasteiger charge is -2.18. The third-order valence-corrected chi connectivity index (χ3v) is 4.87. The van der Waals surface area contributed by atoms with Crippen molar-refractivity contribution in [2.75, 3.05) is 19.0 Å². The number of carbonyl (C=O) groups excluding carboxylic acids is 1. The molecule has 0 bridgehead atoms. The van der Waals surface area contributed by atoms with Crippen LogP contribution in [0.3, 0.4) is 0 Å². The van der Waals surface area contributed by atoms with E-state index in [4.69, 9.17) is 9.47 Å². The van der Waals surface area contributed by atoms with Crippen LogP contribution in [0.25, 0.3) is 11.3 Å². The Morgan fingerprint density at radius 2 is 1.81 bits per heavy atom. The van der Waals surface area contributed by atoms with Gasteiger partial charge in [-0.25, -0.2) is 4.98 Å². The lowest BCUT2D eigenvalue weighted by atomic mass is 10.1. The van der Waals surface area contributed by atoms with Gasteiger partial charge < -0.3 is 14.5 Å². The van der Waals surface area contributed by atoms with E-state index in [1.807, 2.05) is 30.3 Å². The number of hydrogen-bond acceptors (Lipinski definition) is 6. The van der Waals surface area contributed by atoms with Gasteiger partial charge >= 0.3 is 0 Å². The summed E-state index contributed by atoms with van der Waals surface area (Å²) in [4.78, 5) is 31.6. The quantitative estimate of drug-likeness (QED) is 0.416. The minimum absolute atomic E-state index is 0.0789. The average molecular weight is 380 g/mol. The normalized spacial score (nSPS) is 12.6. The monoisotopic (exact) mass is 380 g/mol. The van der Waals surface area contributed by atoms with Crippen LogP contribution in [0.4, 0.5) is 0 Å². The molecule has 1 aliphatic rings. The first kappa shape index (κ1) is 17.4. The summed E-state index contributed by atoms with van der Waals surface area (Å²) in [5.41, 5.74) is 1.71. The number of nitrogens with one attached hydrogen (secondary N) is 1. The van der Waals surface area contributed by atoms with E-state index in [2.05, 4.69) is 9.97 Å². The predicted molar refractivity (Wildman–Crippen MR) is 103 cm³/mol. The molecule has 27 heavy (non-hydrogen) atoms. The minimum atomic E-state index is -0.252. The van der Waals surface area contributed by atoms with Crippen LogP contribution in [0.5, 0.6) is 11.5 Å². The van der Waals surface area contributed by atoms with E-state index in [1.54, 1.807) is 18.2 Å². The Kier molecular flexibility index (Phi) is 4.93. The molecule has 0 amide bonds. The number of aromatic amines is 1. The maximum absolute atomic E-state index is 12.5. The number of thioether (sulfide) groups is 1. The van der Waals surface area contributed by atoms with E-state index >= 15 is 0 Å². The van der Waals surface area contributed by atoms with Crippen molar-refractivity contribution in [3.05, 3.63) is 70.5 Å². The predicted octanol–water partition coefficient (Wildman–Crippen LogP) is 3.18. The highest BCUT2D eigenvalue weighted by Crippen LogP contribution is 2.31. The van der Waals surface area contributed by atoms with Crippen molar-refractivity contribution in [3.8, 4) is 22.8 Å². The Bertz CT molecular complexity index is 1030. The number of ketones is 1. The van der Waals surface area contributed by atoms with E-state index in [0.717, 1.165) is 5.56 Å². The number of rotatable bonds is 5. The Hall–Kier alpha value is -3.06. The number of carbonyl (C=O) groups is 1. The molecule has 0 fully saturated rings. The standard InChI is InChI=1S/C20H16N2O4S/c23-16(14-6-7-17-18(10-14)26-9-8-25-17)12-27-20-21-15(11-19(24)22-20)13-4-2-1-3-5-13/h1-7,10-11H,8-9,12H2,(H,21,22,24). The van der Waals surface area contributed by atoms with Crippen molar-refractivity contribution in [2.24, 2.45) is 0 Å². The van der Waals surface area contributed by atoms with Gasteiger partial charge in [0.05, 0.1) is 11.4 Å². The first-order valence-corrected chi connectivity index (χ1v) is 9.40. The van der Waals surface area contributed by atoms with Gasteiger partial charge in [0.25, 0.3) is 5.56 Å². The first-order chi connectivity index (χ1) is 13.2. The SMILES string of the molecule is O=C(CSc1nc(-c2ccccc2)cc(=O)[nH]1)c1ccc2c(c1)OCCO2. The summed E-state index contributed by atoms with van der Waals surface area (Å²) in [5, 5.41) is 0.409. The van der Waals surface area contributed by atoms with Crippen molar-refractivity contribution in [3.63, 3.8) is 0 Å². The molecule has 1 aliphatic heterocycles. The highest BCUT2D eigenvalue weighted by atomic mass is 32.2. The molecule has 6 nitrogen and oxygen atoms in total. The zero-order valence-corrected chi connectivity index (χ0v) is 15.1. The summed E-state index contributed by atoms with van der Waals surface area (Å²) in [6, 6.07) is 16.0. The zero-order chi connectivity index (χ0) is 18.6. The van der Waals surface area contributed by atoms with Crippen molar-refractivity contribution in [2.45, 2.75) is 5.16 Å². The van der Waals surface area contributed by atoms with E-state index in [9.17, 15) is 9.59 Å². The van der Waals surface area contributed by atoms with Crippen LogP contribution in [0.2, 0.25) is 0 Å². The molecule has 0 saturated heterocycles. The summed E-state index contributed by atoms with van der Waals surface area (Å²) in [6.45, 7) is 0.976. The van der Waals surface area contributed by atoms with E-state index < -0.39 is 0 Å². The number of fused-ring (bicyclic) bond motifs is 1. The molecule has 2 aromatic carbocycles. The molecule has 0 saturated carbocycles. The highest BCUT2D eigenvalue weighted by molar-refractivity contribution is 7.99. The van der Waals surface area contributed by atoms with E-state index in [-0.39, 0.29) is 17.1 Å². The molecule has 7 heteroatoms. The van der Waals surface area contributed by atoms with Crippen molar-refractivity contribution in [1.82, 2.24) is 9.97 Å². The summed E-state index contributed by atoms with van der Waals surface area (Å²) in [5.74, 6) is 1.30. The van der Waals surface area contributed by atoms with Crippen LogP contribution in [0.15, 0.2) is 64.5 Å². The van der Waals surface area contributed by atoms with Gasteiger partial charge in [-0.3, -0.25) is 9.59 Å². The van der Waals surface area contributed by atoms with Gasteiger partial charge in [-0.2, -0.15) is 0 Å². The van der Waals surface area contributed by atoms with Gasteiger partial charge in [-0.05, 0) is 18.2 Å². The van der Waals surface area contributed by atoms with Crippen LogP contribution in [-0.4, -0.2) is 34.7 Å². The Labute approximate surface area is 159 Å². The van der Waals surface area contributed by atoms with Gasteiger partial charge in [0.15, 0.2) is 22.4 Å². The fourth-order valence-electron chi connectivity index (χ4n) is 2.69. The Morgan fingerprint density at radius 3 is 2.63 bits per heavy atom. The molecule has 2 heterocycles. The molecular weight excluding hydrogens is 364 g/mol. The number of hydrogen-bond donors (Lipinski definition) is 1. The first-order valence-electron chi connectivity index (χ1n) is 8.41. The van der Waals surface area contributed by atoms with Crippen LogP contribution in [-0.2, 0) is 0 Å². The molecule has 0 unspecified atom stereocenters. The van der Waals surface area contributed by atoms with Gasteiger partial charge in [0, 0.05) is 17.2 Å². The molecule has 4 rings (SSSR count). The third-order valence-electron chi connectivity index (χ3n) is 3.99. The fraction of sp³-hybridized carbons (Fsp3) is 0.150. The highest BCUT2D eigenvalue weighted by Gasteiger charge is 2.15. The second-order valence-electron chi connectivity index (χ2n) is 5.87. The summed E-state index contributed by atoms with van der Waals surface area (Å²) in [6.07, 6.45) is 0.